The molecule has 0 bridgehead atoms. The predicted molar refractivity (Wildman–Crippen MR) is 73.2 cm³/mol. The number of carbonyl (C=O) groups excluding carboxylic acids is 1. The number of ether oxygens (including phenoxy) is 1. The van der Waals surface area contributed by atoms with Crippen LogP contribution in [0.5, 0.6) is 0 Å². The fraction of sp³-hybridized carbons (Fsp3) is 0.500. The van der Waals surface area contributed by atoms with E-state index in [1.807, 2.05) is 0 Å². The van der Waals surface area contributed by atoms with E-state index in [1.165, 1.54) is 0 Å². The number of hydrogen-bond acceptors (Lipinski definition) is 6. The third-order valence-corrected chi connectivity index (χ3v) is 3.71. The van der Waals surface area contributed by atoms with Crippen LogP contribution < -0.4 is 5.32 Å². The second-order valence-corrected chi connectivity index (χ2v) is 5.22. The highest BCUT2D eigenvalue weighted by atomic mass is 35.5. The Morgan fingerprint density at radius 1 is 1.76 bits per heavy atom. The monoisotopic (exact) mass is 315 g/mol. The first-order valence-electron chi connectivity index (χ1n) is 6.25. The molecule has 1 aromatic rings. The zero-order valence-corrected chi connectivity index (χ0v) is 12.0. The summed E-state index contributed by atoms with van der Waals surface area (Å²) in [6.07, 6.45) is 0.884. The van der Waals surface area contributed by atoms with Crippen LogP contribution in [0.25, 0.3) is 0 Å². The van der Waals surface area contributed by atoms with Crippen molar-refractivity contribution in [3.05, 3.63) is 33.1 Å². The number of pyridine rings is 1. The van der Waals surface area contributed by atoms with Gasteiger partial charge in [-0.3, -0.25) is 14.9 Å². The molecule has 2 rings (SSSR count). The van der Waals surface area contributed by atoms with Crippen LogP contribution in [0.3, 0.4) is 0 Å². The molecule has 0 aromatic carbocycles. The summed E-state index contributed by atoms with van der Waals surface area (Å²) in [7, 11) is 0. The summed E-state index contributed by atoms with van der Waals surface area (Å²) in [5.74, 6) is -0.696. The van der Waals surface area contributed by atoms with Crippen LogP contribution in [0.2, 0.25) is 5.15 Å². The summed E-state index contributed by atoms with van der Waals surface area (Å²) in [4.78, 5) is 25.8. The maximum absolute atomic E-state index is 12.1. The van der Waals surface area contributed by atoms with Crippen molar-refractivity contribution >= 4 is 23.2 Å². The fourth-order valence-corrected chi connectivity index (χ4v) is 2.24. The fourth-order valence-electron chi connectivity index (χ4n) is 2.08. The minimum Gasteiger partial charge on any atom is -0.385 e. The first kappa shape index (κ1) is 15.6. The summed E-state index contributed by atoms with van der Waals surface area (Å²) in [6, 6.07) is 1.12. The van der Waals surface area contributed by atoms with Crippen molar-refractivity contribution in [2.24, 2.45) is 0 Å². The molecule has 2 atom stereocenters. The number of aliphatic hydroxyl groups is 1. The molecule has 21 heavy (non-hydrogen) atoms. The third-order valence-electron chi connectivity index (χ3n) is 3.51. The zero-order chi connectivity index (χ0) is 15.6. The lowest BCUT2D eigenvalue weighted by atomic mass is 9.96. The number of halogens is 1. The van der Waals surface area contributed by atoms with Gasteiger partial charge in [-0.25, -0.2) is 4.98 Å². The number of nitro groups is 1. The Morgan fingerprint density at radius 2 is 2.48 bits per heavy atom. The van der Waals surface area contributed by atoms with Gasteiger partial charge in [-0.15, -0.1) is 0 Å². The van der Waals surface area contributed by atoms with Gasteiger partial charge in [-0.1, -0.05) is 11.6 Å². The Morgan fingerprint density at radius 3 is 3.05 bits per heavy atom. The van der Waals surface area contributed by atoms with Crippen molar-refractivity contribution in [2.75, 3.05) is 13.2 Å². The van der Waals surface area contributed by atoms with E-state index in [0.717, 1.165) is 12.3 Å². The average molecular weight is 316 g/mol. The minimum absolute atomic E-state index is 0.0259. The highest BCUT2D eigenvalue weighted by molar-refractivity contribution is 6.29. The highest BCUT2D eigenvalue weighted by Gasteiger charge is 2.40. The van der Waals surface area contributed by atoms with Gasteiger partial charge in [0.05, 0.1) is 11.0 Å². The standard InChI is InChI=1S/C12H14ClN3O5/c1-7-12(18,2-3-21-7)6-15-11(17)8-4-10(13)14-5-9(8)16(19)20/h4-5,7,18H,2-3,6H2,1H3,(H,15,17). The van der Waals surface area contributed by atoms with Gasteiger partial charge in [-0.2, -0.15) is 0 Å². The Balaban J connectivity index is 2.14. The van der Waals surface area contributed by atoms with E-state index in [0.29, 0.717) is 13.0 Å². The molecule has 9 heteroatoms. The van der Waals surface area contributed by atoms with E-state index in [2.05, 4.69) is 10.3 Å². The van der Waals surface area contributed by atoms with Gasteiger partial charge in [0.15, 0.2) is 0 Å². The number of hydrogen-bond donors (Lipinski definition) is 2. The van der Waals surface area contributed by atoms with E-state index in [9.17, 15) is 20.0 Å². The van der Waals surface area contributed by atoms with Crippen LogP contribution in [0, 0.1) is 10.1 Å². The van der Waals surface area contributed by atoms with Crippen molar-refractivity contribution in [1.82, 2.24) is 10.3 Å². The SMILES string of the molecule is CC1OCCC1(O)CNC(=O)c1cc(Cl)ncc1[N+](=O)[O-]. The van der Waals surface area contributed by atoms with Gasteiger partial charge in [0, 0.05) is 19.6 Å². The van der Waals surface area contributed by atoms with Crippen LogP contribution in [0.1, 0.15) is 23.7 Å². The maximum Gasteiger partial charge on any atom is 0.300 e. The second kappa shape index (κ2) is 5.92. The Kier molecular flexibility index (Phi) is 4.40. The number of nitrogens with zero attached hydrogens (tertiary/aromatic N) is 2. The molecule has 8 nitrogen and oxygen atoms in total. The number of amides is 1. The van der Waals surface area contributed by atoms with Gasteiger partial charge >= 0.3 is 0 Å². The first-order chi connectivity index (χ1) is 9.83. The predicted octanol–water partition coefficient (Wildman–Crippen LogP) is 0.913. The largest absolute Gasteiger partial charge is 0.385 e. The summed E-state index contributed by atoms with van der Waals surface area (Å²) in [5.41, 5.74) is -1.82. The van der Waals surface area contributed by atoms with E-state index in [-0.39, 0.29) is 17.3 Å². The molecule has 2 unspecified atom stereocenters. The normalized spacial score (nSPS) is 24.8. The molecule has 2 heterocycles. The Hall–Kier alpha value is -1.77. The molecule has 1 saturated heterocycles. The second-order valence-electron chi connectivity index (χ2n) is 4.83. The average Bonchev–Trinajstić information content (AvgIpc) is 2.76. The van der Waals surface area contributed by atoms with E-state index >= 15 is 0 Å². The van der Waals surface area contributed by atoms with Gasteiger partial charge in [-0.05, 0) is 13.0 Å². The Bertz CT molecular complexity index is 582. The first-order valence-corrected chi connectivity index (χ1v) is 6.63. The lowest BCUT2D eigenvalue weighted by molar-refractivity contribution is -0.385. The molecule has 1 aliphatic heterocycles. The molecule has 1 aliphatic rings. The Labute approximate surface area is 125 Å². The summed E-state index contributed by atoms with van der Waals surface area (Å²) in [5, 5.41) is 23.6. The van der Waals surface area contributed by atoms with Crippen molar-refractivity contribution in [3.63, 3.8) is 0 Å². The van der Waals surface area contributed by atoms with Crippen LogP contribution >= 0.6 is 11.6 Å². The molecule has 0 aliphatic carbocycles. The van der Waals surface area contributed by atoms with Crippen LogP contribution in [0.4, 0.5) is 5.69 Å². The van der Waals surface area contributed by atoms with Gasteiger partial charge in [0.2, 0.25) is 0 Å². The van der Waals surface area contributed by atoms with E-state index < -0.39 is 28.2 Å². The number of carbonyl (C=O) groups is 1. The molecule has 1 fully saturated rings. The molecule has 0 spiro atoms. The molecule has 114 valence electrons. The minimum atomic E-state index is -1.18. The maximum atomic E-state index is 12.1. The zero-order valence-electron chi connectivity index (χ0n) is 11.2. The summed E-state index contributed by atoms with van der Waals surface area (Å²) in [6.45, 7) is 2.03. The summed E-state index contributed by atoms with van der Waals surface area (Å²) < 4.78 is 5.25. The lowest BCUT2D eigenvalue weighted by Crippen LogP contribution is -2.47. The smallest absolute Gasteiger partial charge is 0.300 e. The molecule has 1 aromatic heterocycles. The molecule has 0 radical (unpaired) electrons. The van der Waals surface area contributed by atoms with Crippen LogP contribution in [-0.4, -0.2) is 45.8 Å². The third kappa shape index (κ3) is 3.29. The van der Waals surface area contributed by atoms with Crippen molar-refractivity contribution < 1.29 is 19.6 Å². The molecular formula is C12H14ClN3O5. The number of nitrogens with one attached hydrogen (secondary N) is 1. The van der Waals surface area contributed by atoms with Crippen molar-refractivity contribution in [3.8, 4) is 0 Å². The van der Waals surface area contributed by atoms with Crippen LogP contribution in [-0.2, 0) is 4.74 Å². The highest BCUT2D eigenvalue weighted by Crippen LogP contribution is 2.25. The quantitative estimate of drug-likeness (QED) is 0.485. The van der Waals surface area contributed by atoms with Gasteiger partial charge < -0.3 is 15.2 Å². The topological polar surface area (TPSA) is 115 Å². The van der Waals surface area contributed by atoms with Gasteiger partial charge in [0.1, 0.15) is 22.5 Å². The number of rotatable bonds is 4. The molecule has 0 saturated carbocycles. The molecular weight excluding hydrogens is 302 g/mol. The van der Waals surface area contributed by atoms with E-state index in [1.54, 1.807) is 6.92 Å². The van der Waals surface area contributed by atoms with Gasteiger partial charge in [0.25, 0.3) is 11.6 Å². The van der Waals surface area contributed by atoms with Crippen molar-refractivity contribution in [1.29, 1.82) is 0 Å². The van der Waals surface area contributed by atoms with Crippen molar-refractivity contribution in [2.45, 2.75) is 25.0 Å². The van der Waals surface area contributed by atoms with E-state index in [4.69, 9.17) is 16.3 Å². The lowest BCUT2D eigenvalue weighted by Gasteiger charge is -2.26. The molecule has 1 amide bonds. The van der Waals surface area contributed by atoms with Crippen LogP contribution in [0.15, 0.2) is 12.3 Å². The molecule has 2 N–H and O–H groups in total. The summed E-state index contributed by atoms with van der Waals surface area (Å²) >= 11 is 5.66. The number of aromatic nitrogens is 1.